The van der Waals surface area contributed by atoms with Crippen molar-refractivity contribution in [2.24, 2.45) is 11.7 Å². The average molecular weight is 412 g/mol. The van der Waals surface area contributed by atoms with Crippen LogP contribution in [0.1, 0.15) is 53.4 Å². The van der Waals surface area contributed by atoms with Crippen molar-refractivity contribution in [3.63, 3.8) is 0 Å². The summed E-state index contributed by atoms with van der Waals surface area (Å²) in [6.07, 6.45) is 4.29. The molecule has 2 amide bonds. The second kappa shape index (κ2) is 8.87. The molecule has 1 atom stereocenters. The maximum Gasteiger partial charge on any atom is 0.273 e. The van der Waals surface area contributed by atoms with Crippen molar-refractivity contribution in [2.75, 3.05) is 19.6 Å². The van der Waals surface area contributed by atoms with Crippen LogP contribution in [0.4, 0.5) is 0 Å². The number of benzene rings is 1. The van der Waals surface area contributed by atoms with Gasteiger partial charge in [-0.2, -0.15) is 0 Å². The number of rotatable bonds is 7. The molecule has 1 aromatic carbocycles. The van der Waals surface area contributed by atoms with Crippen LogP contribution in [-0.4, -0.2) is 52.7 Å². The summed E-state index contributed by atoms with van der Waals surface area (Å²) in [4.78, 5) is 26.7. The third-order valence-corrected chi connectivity index (χ3v) is 5.93. The van der Waals surface area contributed by atoms with Crippen LogP contribution in [-0.2, 0) is 11.2 Å². The topological polar surface area (TPSA) is 122 Å². The number of amides is 2. The Kier molecular flexibility index (Phi) is 6.03. The summed E-state index contributed by atoms with van der Waals surface area (Å²) in [7, 11) is 0. The summed E-state index contributed by atoms with van der Waals surface area (Å²) in [5, 5.41) is 16.2. The van der Waals surface area contributed by atoms with Crippen molar-refractivity contribution in [1.82, 2.24) is 15.4 Å². The fourth-order valence-corrected chi connectivity index (χ4v) is 3.85. The SMILES string of the molecule is N[C@H](Cc1ccc(O)cc1)C(=O)N1CCC(CNC(=O)c2cc(C3CC3)on2)CC1. The molecule has 2 heterocycles. The predicted octanol–water partition coefficient (Wildman–Crippen LogP) is 1.80. The monoisotopic (exact) mass is 412 g/mol. The number of aromatic hydroxyl groups is 1. The molecule has 1 saturated heterocycles. The lowest BCUT2D eigenvalue weighted by molar-refractivity contribution is -0.133. The molecule has 0 bridgehead atoms. The van der Waals surface area contributed by atoms with Crippen LogP contribution in [0, 0.1) is 5.92 Å². The van der Waals surface area contributed by atoms with Crippen molar-refractivity contribution in [3.8, 4) is 5.75 Å². The molecule has 160 valence electrons. The quantitative estimate of drug-likeness (QED) is 0.637. The van der Waals surface area contributed by atoms with Crippen molar-refractivity contribution in [1.29, 1.82) is 0 Å². The van der Waals surface area contributed by atoms with Crippen molar-refractivity contribution in [2.45, 2.75) is 44.1 Å². The molecule has 0 radical (unpaired) electrons. The minimum atomic E-state index is -0.598. The number of phenolic OH excluding ortho intramolecular Hbond substituents is 1. The second-order valence-corrected chi connectivity index (χ2v) is 8.34. The van der Waals surface area contributed by atoms with Crippen molar-refractivity contribution >= 4 is 11.8 Å². The largest absolute Gasteiger partial charge is 0.508 e. The Morgan fingerprint density at radius 3 is 2.57 bits per heavy atom. The Balaban J connectivity index is 1.19. The summed E-state index contributed by atoms with van der Waals surface area (Å²) in [6.45, 7) is 1.84. The second-order valence-electron chi connectivity index (χ2n) is 8.34. The maximum atomic E-state index is 12.7. The van der Waals surface area contributed by atoms with Gasteiger partial charge in [0.2, 0.25) is 5.91 Å². The van der Waals surface area contributed by atoms with Crippen LogP contribution in [0.15, 0.2) is 34.9 Å². The molecule has 1 aliphatic carbocycles. The van der Waals surface area contributed by atoms with Gasteiger partial charge in [0.15, 0.2) is 5.69 Å². The van der Waals surface area contributed by atoms with Gasteiger partial charge in [0.25, 0.3) is 5.91 Å². The number of hydrogen-bond acceptors (Lipinski definition) is 6. The molecular formula is C22H28N4O4. The molecular weight excluding hydrogens is 384 g/mol. The van der Waals surface area contributed by atoms with E-state index in [4.69, 9.17) is 10.3 Å². The van der Waals surface area contributed by atoms with Gasteiger partial charge in [-0.1, -0.05) is 17.3 Å². The molecule has 30 heavy (non-hydrogen) atoms. The van der Waals surface area contributed by atoms with Crippen LogP contribution in [0.5, 0.6) is 5.75 Å². The molecule has 1 saturated carbocycles. The zero-order valence-corrected chi connectivity index (χ0v) is 16.9. The molecule has 2 fully saturated rings. The lowest BCUT2D eigenvalue weighted by Crippen LogP contribution is -2.49. The van der Waals surface area contributed by atoms with E-state index in [0.29, 0.717) is 43.6 Å². The molecule has 8 nitrogen and oxygen atoms in total. The van der Waals surface area contributed by atoms with Crippen LogP contribution in [0.3, 0.4) is 0 Å². The number of nitrogens with zero attached hydrogens (tertiary/aromatic N) is 2. The van der Waals surface area contributed by atoms with E-state index in [-0.39, 0.29) is 17.6 Å². The molecule has 4 rings (SSSR count). The van der Waals surface area contributed by atoms with Gasteiger partial charge in [0.1, 0.15) is 11.5 Å². The number of nitrogens with two attached hydrogens (primary N) is 1. The van der Waals surface area contributed by atoms with E-state index in [1.165, 1.54) is 0 Å². The third-order valence-electron chi connectivity index (χ3n) is 5.93. The van der Waals surface area contributed by atoms with E-state index in [1.54, 1.807) is 30.3 Å². The summed E-state index contributed by atoms with van der Waals surface area (Å²) in [6, 6.07) is 7.89. The van der Waals surface area contributed by atoms with E-state index in [1.807, 2.05) is 4.90 Å². The van der Waals surface area contributed by atoms with Gasteiger partial charge in [-0.05, 0) is 55.7 Å². The number of piperidine rings is 1. The van der Waals surface area contributed by atoms with E-state index >= 15 is 0 Å². The molecule has 0 unspecified atom stereocenters. The predicted molar refractivity (Wildman–Crippen MR) is 110 cm³/mol. The number of carbonyl (C=O) groups excluding carboxylic acids is 2. The number of likely N-dealkylation sites (tertiary alicyclic amines) is 1. The van der Waals surface area contributed by atoms with Crippen molar-refractivity contribution < 1.29 is 19.2 Å². The van der Waals surface area contributed by atoms with Crippen LogP contribution in [0.2, 0.25) is 0 Å². The number of nitrogens with one attached hydrogen (secondary N) is 1. The number of hydrogen-bond donors (Lipinski definition) is 3. The molecule has 0 spiro atoms. The molecule has 2 aromatic rings. The first-order valence-electron chi connectivity index (χ1n) is 10.6. The van der Waals surface area contributed by atoms with E-state index < -0.39 is 6.04 Å². The van der Waals surface area contributed by atoms with Gasteiger partial charge >= 0.3 is 0 Å². The molecule has 8 heteroatoms. The zero-order chi connectivity index (χ0) is 21.1. The first-order valence-corrected chi connectivity index (χ1v) is 10.6. The molecule has 1 aromatic heterocycles. The molecule has 1 aliphatic heterocycles. The van der Waals surface area contributed by atoms with Gasteiger partial charge < -0.3 is 25.6 Å². The van der Waals surface area contributed by atoms with Gasteiger partial charge in [0.05, 0.1) is 6.04 Å². The Labute approximate surface area is 175 Å². The fraction of sp³-hybridized carbons (Fsp3) is 0.500. The highest BCUT2D eigenvalue weighted by atomic mass is 16.5. The maximum absolute atomic E-state index is 12.7. The number of aromatic nitrogens is 1. The van der Waals surface area contributed by atoms with Crippen LogP contribution in [0.25, 0.3) is 0 Å². The zero-order valence-electron chi connectivity index (χ0n) is 16.9. The third kappa shape index (κ3) is 4.99. The van der Waals surface area contributed by atoms with Gasteiger partial charge in [-0.25, -0.2) is 0 Å². The fourth-order valence-electron chi connectivity index (χ4n) is 3.85. The van der Waals surface area contributed by atoms with E-state index in [0.717, 1.165) is 37.0 Å². The Morgan fingerprint density at radius 2 is 1.90 bits per heavy atom. The Hall–Kier alpha value is -2.87. The highest BCUT2D eigenvalue weighted by Gasteiger charge is 2.29. The highest BCUT2D eigenvalue weighted by Crippen LogP contribution is 2.40. The van der Waals surface area contributed by atoms with Crippen LogP contribution >= 0.6 is 0 Å². The standard InChI is InChI=1S/C22H28N4O4/c23-18(11-14-1-5-17(27)6-2-14)22(29)26-9-7-15(8-10-26)13-24-21(28)19-12-20(30-25-19)16-3-4-16/h1-2,5-6,12,15-16,18,27H,3-4,7-11,13,23H2,(H,24,28)/t18-/m1/s1. The smallest absolute Gasteiger partial charge is 0.273 e. The van der Waals surface area contributed by atoms with Gasteiger partial charge in [0, 0.05) is 31.6 Å². The Bertz CT molecular complexity index is 883. The molecule has 4 N–H and O–H groups in total. The lowest BCUT2D eigenvalue weighted by Gasteiger charge is -2.33. The summed E-state index contributed by atoms with van der Waals surface area (Å²) in [5.74, 6) is 1.48. The summed E-state index contributed by atoms with van der Waals surface area (Å²) in [5.41, 5.74) is 7.37. The molecule has 2 aliphatic rings. The first-order chi connectivity index (χ1) is 14.5. The summed E-state index contributed by atoms with van der Waals surface area (Å²) >= 11 is 0. The van der Waals surface area contributed by atoms with Crippen LogP contribution < -0.4 is 11.1 Å². The van der Waals surface area contributed by atoms with E-state index in [2.05, 4.69) is 10.5 Å². The van der Waals surface area contributed by atoms with Crippen molar-refractivity contribution in [3.05, 3.63) is 47.3 Å². The normalized spacial score (nSPS) is 18.2. The lowest BCUT2D eigenvalue weighted by atomic mass is 9.95. The average Bonchev–Trinajstić information content (AvgIpc) is 3.50. The Morgan fingerprint density at radius 1 is 1.20 bits per heavy atom. The minimum Gasteiger partial charge on any atom is -0.508 e. The number of phenols is 1. The summed E-state index contributed by atoms with van der Waals surface area (Å²) < 4.78 is 5.23. The highest BCUT2D eigenvalue weighted by molar-refractivity contribution is 5.92. The van der Waals surface area contributed by atoms with E-state index in [9.17, 15) is 14.7 Å². The van der Waals surface area contributed by atoms with Gasteiger partial charge in [-0.15, -0.1) is 0 Å². The number of carbonyl (C=O) groups is 2. The minimum absolute atomic E-state index is 0.0548. The van der Waals surface area contributed by atoms with Gasteiger partial charge in [-0.3, -0.25) is 9.59 Å². The first kappa shape index (κ1) is 20.4.